The molecule has 0 bridgehead atoms. The minimum absolute atomic E-state index is 0.113. The molecule has 4 N–H and O–H groups in total. The number of carbonyl (C=O) groups excluding carboxylic acids is 1. The summed E-state index contributed by atoms with van der Waals surface area (Å²) in [5, 5.41) is 23.8. The van der Waals surface area contributed by atoms with Gasteiger partial charge in [-0.2, -0.15) is 0 Å². The summed E-state index contributed by atoms with van der Waals surface area (Å²) in [5.74, 6) is 0.919. The van der Waals surface area contributed by atoms with Gasteiger partial charge in [-0.1, -0.05) is 12.1 Å². The van der Waals surface area contributed by atoms with E-state index in [1.54, 1.807) is 18.2 Å². The number of rotatable bonds is 11. The number of ether oxygens (including phenoxy) is 3. The number of aromatic amines is 1. The Kier molecular flexibility index (Phi) is 7.75. The van der Waals surface area contributed by atoms with Gasteiger partial charge in [0.2, 0.25) is 0 Å². The standard InChI is InChI=1S/C23H28N2O6/c1-15(24-12-18(27)13-30-19-8-6-17(26)7-9-19)10-16-11-25-23-20(16)4-3-5-21(23)31-14-22(28)29-2/h3-9,11,15,18,24-27H,10,12-14H2,1-2H3. The average molecular weight is 428 g/mol. The number of H-pyrrole nitrogens is 1. The highest BCUT2D eigenvalue weighted by atomic mass is 16.6. The number of methoxy groups -OCH3 is 1. The van der Waals surface area contributed by atoms with Crippen LogP contribution in [0.1, 0.15) is 12.5 Å². The lowest BCUT2D eigenvalue weighted by Gasteiger charge is -2.17. The fraction of sp³-hybridized carbons (Fsp3) is 0.348. The van der Waals surface area contributed by atoms with Crippen LogP contribution in [0.5, 0.6) is 17.2 Å². The van der Waals surface area contributed by atoms with Gasteiger partial charge in [0.05, 0.1) is 12.6 Å². The Morgan fingerprint density at radius 1 is 1.16 bits per heavy atom. The van der Waals surface area contributed by atoms with Gasteiger partial charge >= 0.3 is 5.97 Å². The third kappa shape index (κ3) is 6.37. The van der Waals surface area contributed by atoms with Gasteiger partial charge in [-0.25, -0.2) is 4.79 Å². The van der Waals surface area contributed by atoms with E-state index < -0.39 is 12.1 Å². The highest BCUT2D eigenvalue weighted by Crippen LogP contribution is 2.28. The van der Waals surface area contributed by atoms with Crippen molar-refractivity contribution in [2.45, 2.75) is 25.5 Å². The zero-order valence-corrected chi connectivity index (χ0v) is 17.6. The van der Waals surface area contributed by atoms with Crippen LogP contribution in [0.15, 0.2) is 48.7 Å². The molecule has 3 rings (SSSR count). The highest BCUT2D eigenvalue weighted by Gasteiger charge is 2.14. The van der Waals surface area contributed by atoms with Crippen LogP contribution in [0.25, 0.3) is 10.9 Å². The lowest BCUT2D eigenvalue weighted by molar-refractivity contribution is -0.142. The molecule has 2 atom stereocenters. The summed E-state index contributed by atoms with van der Waals surface area (Å²) >= 11 is 0. The van der Waals surface area contributed by atoms with E-state index in [-0.39, 0.29) is 25.0 Å². The highest BCUT2D eigenvalue weighted by molar-refractivity contribution is 5.88. The predicted molar refractivity (Wildman–Crippen MR) is 117 cm³/mol. The fourth-order valence-electron chi connectivity index (χ4n) is 3.20. The number of aliphatic hydroxyl groups is 1. The first-order valence-corrected chi connectivity index (χ1v) is 10.1. The van der Waals surface area contributed by atoms with Gasteiger partial charge in [0.15, 0.2) is 6.61 Å². The van der Waals surface area contributed by atoms with Gasteiger partial charge in [-0.05, 0) is 49.2 Å². The maximum absolute atomic E-state index is 11.3. The smallest absolute Gasteiger partial charge is 0.343 e. The number of para-hydroxylation sites is 1. The summed E-state index contributed by atoms with van der Waals surface area (Å²) in [6, 6.07) is 12.2. The molecule has 166 valence electrons. The monoisotopic (exact) mass is 428 g/mol. The molecule has 0 aliphatic heterocycles. The minimum atomic E-state index is -0.669. The molecule has 0 spiro atoms. The SMILES string of the molecule is COC(=O)COc1cccc2c(CC(C)NCC(O)COc3ccc(O)cc3)c[nH]c12. The molecule has 1 aromatic heterocycles. The normalized spacial score (nSPS) is 13.0. The first kappa shape index (κ1) is 22.5. The maximum atomic E-state index is 11.3. The molecule has 31 heavy (non-hydrogen) atoms. The second-order valence-corrected chi connectivity index (χ2v) is 7.33. The molecule has 0 aliphatic rings. The van der Waals surface area contributed by atoms with Crippen LogP contribution in [0.3, 0.4) is 0 Å². The van der Waals surface area contributed by atoms with Crippen molar-refractivity contribution in [2.75, 3.05) is 26.9 Å². The van der Waals surface area contributed by atoms with E-state index in [0.29, 0.717) is 18.0 Å². The Labute approximate surface area is 180 Å². The number of fused-ring (bicyclic) bond motifs is 1. The van der Waals surface area contributed by atoms with E-state index in [1.807, 2.05) is 25.3 Å². The minimum Gasteiger partial charge on any atom is -0.508 e. The first-order chi connectivity index (χ1) is 15.0. The molecule has 0 saturated heterocycles. The van der Waals surface area contributed by atoms with Crippen molar-refractivity contribution in [3.63, 3.8) is 0 Å². The van der Waals surface area contributed by atoms with Gasteiger partial charge < -0.3 is 34.7 Å². The molecule has 8 heteroatoms. The largest absolute Gasteiger partial charge is 0.508 e. The first-order valence-electron chi connectivity index (χ1n) is 10.1. The van der Waals surface area contributed by atoms with Crippen molar-refractivity contribution in [3.8, 4) is 17.2 Å². The summed E-state index contributed by atoms with van der Waals surface area (Å²) in [6.45, 7) is 2.43. The summed E-state index contributed by atoms with van der Waals surface area (Å²) in [7, 11) is 1.32. The molecular formula is C23H28N2O6. The molecule has 0 saturated carbocycles. The Bertz CT molecular complexity index is 985. The Morgan fingerprint density at radius 2 is 1.94 bits per heavy atom. The Balaban J connectivity index is 1.50. The topological polar surface area (TPSA) is 113 Å². The van der Waals surface area contributed by atoms with Gasteiger partial charge in [0, 0.05) is 24.2 Å². The van der Waals surface area contributed by atoms with Gasteiger partial charge in [-0.3, -0.25) is 0 Å². The summed E-state index contributed by atoms with van der Waals surface area (Å²) in [6.07, 6.45) is 2.00. The zero-order valence-electron chi connectivity index (χ0n) is 17.6. The molecule has 0 aliphatic carbocycles. The maximum Gasteiger partial charge on any atom is 0.343 e. The van der Waals surface area contributed by atoms with Crippen LogP contribution in [-0.4, -0.2) is 60.2 Å². The quantitative estimate of drug-likeness (QED) is 0.347. The number of carbonyl (C=O) groups is 1. The van der Waals surface area contributed by atoms with Crippen molar-refractivity contribution in [1.82, 2.24) is 10.3 Å². The molecule has 3 aromatic rings. The molecule has 2 aromatic carbocycles. The third-order valence-corrected chi connectivity index (χ3v) is 4.84. The fourth-order valence-corrected chi connectivity index (χ4v) is 3.20. The summed E-state index contributed by atoms with van der Waals surface area (Å²) in [5.41, 5.74) is 1.93. The number of aliphatic hydroxyl groups excluding tert-OH is 1. The predicted octanol–water partition coefficient (Wildman–Crippen LogP) is 2.39. The van der Waals surface area contributed by atoms with E-state index >= 15 is 0 Å². The third-order valence-electron chi connectivity index (χ3n) is 4.84. The van der Waals surface area contributed by atoms with Crippen LogP contribution >= 0.6 is 0 Å². The van der Waals surface area contributed by atoms with Gasteiger partial charge in [-0.15, -0.1) is 0 Å². The van der Waals surface area contributed by atoms with Gasteiger partial charge in [0.25, 0.3) is 0 Å². The van der Waals surface area contributed by atoms with Gasteiger partial charge in [0.1, 0.15) is 30.0 Å². The van der Waals surface area contributed by atoms with Crippen LogP contribution in [0.2, 0.25) is 0 Å². The number of esters is 1. The van der Waals surface area contributed by atoms with Crippen molar-refractivity contribution in [1.29, 1.82) is 0 Å². The molecule has 2 unspecified atom stereocenters. The second kappa shape index (κ2) is 10.7. The van der Waals surface area contributed by atoms with E-state index in [4.69, 9.17) is 9.47 Å². The molecule has 8 nitrogen and oxygen atoms in total. The molecular weight excluding hydrogens is 400 g/mol. The zero-order chi connectivity index (χ0) is 22.2. The number of aromatic hydroxyl groups is 1. The lowest BCUT2D eigenvalue weighted by atomic mass is 10.1. The molecule has 0 amide bonds. The number of hydrogen-bond acceptors (Lipinski definition) is 7. The van der Waals surface area contributed by atoms with E-state index in [1.165, 1.54) is 19.2 Å². The summed E-state index contributed by atoms with van der Waals surface area (Å²) < 4.78 is 15.7. The lowest BCUT2D eigenvalue weighted by Crippen LogP contribution is -2.37. The number of phenols is 1. The second-order valence-electron chi connectivity index (χ2n) is 7.33. The molecule has 0 fully saturated rings. The van der Waals surface area contributed by atoms with Crippen LogP contribution < -0.4 is 14.8 Å². The van der Waals surface area contributed by atoms with Crippen molar-refractivity contribution >= 4 is 16.9 Å². The molecule has 0 radical (unpaired) electrons. The van der Waals surface area contributed by atoms with Crippen molar-refractivity contribution in [2.24, 2.45) is 0 Å². The Morgan fingerprint density at radius 3 is 2.68 bits per heavy atom. The average Bonchev–Trinajstić information content (AvgIpc) is 3.18. The summed E-state index contributed by atoms with van der Waals surface area (Å²) in [4.78, 5) is 14.6. The Hall–Kier alpha value is -3.23. The van der Waals surface area contributed by atoms with E-state index in [2.05, 4.69) is 15.0 Å². The number of benzene rings is 2. The number of nitrogens with one attached hydrogen (secondary N) is 2. The number of phenolic OH excluding ortho intramolecular Hbond substituents is 1. The number of aromatic nitrogens is 1. The molecule has 1 heterocycles. The van der Waals surface area contributed by atoms with Crippen LogP contribution in [0.4, 0.5) is 0 Å². The van der Waals surface area contributed by atoms with Crippen LogP contribution in [-0.2, 0) is 16.0 Å². The van der Waals surface area contributed by atoms with Crippen molar-refractivity contribution in [3.05, 3.63) is 54.2 Å². The van der Waals surface area contributed by atoms with Crippen molar-refractivity contribution < 1.29 is 29.2 Å². The van der Waals surface area contributed by atoms with Crippen LogP contribution in [0, 0.1) is 0 Å². The van der Waals surface area contributed by atoms with E-state index in [0.717, 1.165) is 22.9 Å². The van der Waals surface area contributed by atoms with E-state index in [9.17, 15) is 15.0 Å². The number of hydrogen-bond donors (Lipinski definition) is 4.